The molecule has 3 heterocycles. The van der Waals surface area contributed by atoms with Crippen LogP contribution in [0.5, 0.6) is 0 Å². The van der Waals surface area contributed by atoms with Crippen LogP contribution in [0.2, 0.25) is 0 Å². The molecule has 0 aliphatic carbocycles. The molecule has 2 amide bonds. The molecule has 2 aromatic heterocycles. The van der Waals surface area contributed by atoms with Gasteiger partial charge in [-0.1, -0.05) is 37.3 Å². The lowest BCUT2D eigenvalue weighted by atomic mass is 10.0. The van der Waals surface area contributed by atoms with Gasteiger partial charge in [0.15, 0.2) is 0 Å². The molecule has 1 atom stereocenters. The summed E-state index contributed by atoms with van der Waals surface area (Å²) >= 11 is 0. The molecule has 7 nitrogen and oxygen atoms in total. The third kappa shape index (κ3) is 4.89. The monoisotopic (exact) mass is 501 g/mol. The largest absolute Gasteiger partial charge is 0.382 e. The fraction of sp³-hybridized carbons (Fsp3) is 0.310. The van der Waals surface area contributed by atoms with Gasteiger partial charge in [-0.15, -0.1) is 0 Å². The average molecular weight is 502 g/mol. The normalized spacial score (nSPS) is 14.7. The number of amides is 2. The minimum atomic E-state index is -0.413. The zero-order valence-electron chi connectivity index (χ0n) is 21.2. The summed E-state index contributed by atoms with van der Waals surface area (Å²) < 4.78 is 23.4. The molecule has 0 saturated carbocycles. The zero-order chi connectivity index (χ0) is 25.8. The van der Waals surface area contributed by atoms with E-state index in [1.54, 1.807) is 12.1 Å². The number of ether oxygens (including phenoxy) is 1. The summed E-state index contributed by atoms with van der Waals surface area (Å²) in [5, 5.41) is 8.05. The van der Waals surface area contributed by atoms with Gasteiger partial charge in [-0.05, 0) is 61.7 Å². The van der Waals surface area contributed by atoms with Crippen molar-refractivity contribution in [2.45, 2.75) is 39.3 Å². The molecule has 0 saturated heterocycles. The molecular weight excluding hydrogens is 469 g/mol. The highest BCUT2D eigenvalue weighted by atomic mass is 19.1. The Bertz CT molecular complexity index is 1350. The Morgan fingerprint density at radius 1 is 1.08 bits per heavy atom. The number of nitrogens with one attached hydrogen (secondary N) is 1. The summed E-state index contributed by atoms with van der Waals surface area (Å²) in [6, 6.07) is 19.8. The lowest BCUT2D eigenvalue weighted by molar-refractivity contribution is 0.143. The maximum atomic E-state index is 13.9. The van der Waals surface area contributed by atoms with Crippen molar-refractivity contribution in [3.05, 3.63) is 101 Å². The van der Waals surface area contributed by atoms with E-state index in [1.165, 1.54) is 12.1 Å². The van der Waals surface area contributed by atoms with Crippen molar-refractivity contribution in [2.75, 3.05) is 19.8 Å². The summed E-state index contributed by atoms with van der Waals surface area (Å²) in [7, 11) is 0. The Morgan fingerprint density at radius 3 is 2.59 bits per heavy atom. The van der Waals surface area contributed by atoms with Crippen molar-refractivity contribution >= 4 is 6.03 Å². The molecule has 1 aliphatic rings. The van der Waals surface area contributed by atoms with Gasteiger partial charge >= 0.3 is 6.03 Å². The Hall–Kier alpha value is -3.91. The minimum absolute atomic E-state index is 0.180. The van der Waals surface area contributed by atoms with Crippen molar-refractivity contribution in [1.29, 1.82) is 0 Å². The first-order valence-corrected chi connectivity index (χ1v) is 12.8. The molecule has 5 rings (SSSR count). The van der Waals surface area contributed by atoms with Gasteiger partial charge in [-0.2, -0.15) is 5.10 Å². The van der Waals surface area contributed by atoms with Crippen LogP contribution in [-0.4, -0.2) is 45.0 Å². The Labute approximate surface area is 216 Å². The van der Waals surface area contributed by atoms with Gasteiger partial charge < -0.3 is 19.5 Å². The molecule has 37 heavy (non-hydrogen) atoms. The molecule has 0 bridgehead atoms. The van der Waals surface area contributed by atoms with E-state index < -0.39 is 6.04 Å². The molecule has 0 unspecified atom stereocenters. The zero-order valence-corrected chi connectivity index (χ0v) is 21.2. The third-order valence-electron chi connectivity index (χ3n) is 6.70. The first-order chi connectivity index (χ1) is 18.1. The van der Waals surface area contributed by atoms with E-state index in [2.05, 4.69) is 16.8 Å². The van der Waals surface area contributed by atoms with E-state index in [4.69, 9.17) is 9.84 Å². The van der Waals surface area contributed by atoms with Crippen LogP contribution >= 0.6 is 0 Å². The van der Waals surface area contributed by atoms with Gasteiger partial charge in [0.1, 0.15) is 11.6 Å². The van der Waals surface area contributed by atoms with E-state index in [0.29, 0.717) is 26.3 Å². The van der Waals surface area contributed by atoms with Crippen LogP contribution in [0, 0.1) is 5.82 Å². The highest BCUT2D eigenvalue weighted by molar-refractivity contribution is 5.76. The first-order valence-electron chi connectivity index (χ1n) is 12.8. The van der Waals surface area contributed by atoms with Gasteiger partial charge in [-0.3, -0.25) is 0 Å². The number of halogens is 1. The van der Waals surface area contributed by atoms with E-state index >= 15 is 0 Å². The van der Waals surface area contributed by atoms with E-state index in [9.17, 15) is 9.18 Å². The number of urea groups is 1. The predicted octanol–water partition coefficient (Wildman–Crippen LogP) is 5.41. The second kappa shape index (κ2) is 11.0. The van der Waals surface area contributed by atoms with Crippen molar-refractivity contribution in [3.8, 4) is 11.5 Å². The number of hydrogen-bond acceptors (Lipinski definition) is 3. The second-order valence-corrected chi connectivity index (χ2v) is 9.02. The number of rotatable bonds is 8. The molecule has 1 N–H and O–H groups in total. The maximum absolute atomic E-state index is 13.9. The molecule has 0 fully saturated rings. The molecule has 8 heteroatoms. The molecule has 4 aromatic rings. The van der Waals surface area contributed by atoms with Gasteiger partial charge in [0.25, 0.3) is 0 Å². The molecule has 0 spiro atoms. The highest BCUT2D eigenvalue weighted by Crippen LogP contribution is 2.38. The number of benzene rings is 2. The minimum Gasteiger partial charge on any atom is -0.382 e. The second-order valence-electron chi connectivity index (χ2n) is 9.02. The number of aryl methyl sites for hydroxylation is 1. The van der Waals surface area contributed by atoms with E-state index in [0.717, 1.165) is 46.9 Å². The number of carbonyl (C=O) groups excluding carboxylic acids is 1. The summed E-state index contributed by atoms with van der Waals surface area (Å²) in [4.78, 5) is 15.6. The number of para-hydroxylation sites is 1. The van der Waals surface area contributed by atoms with Crippen molar-refractivity contribution in [1.82, 2.24) is 24.6 Å². The quantitative estimate of drug-likeness (QED) is 0.329. The number of nitrogens with zero attached hydrogens (tertiary/aromatic N) is 4. The number of aromatic nitrogens is 3. The molecule has 2 aromatic carbocycles. The fourth-order valence-corrected chi connectivity index (χ4v) is 4.96. The molecule has 1 aliphatic heterocycles. The van der Waals surface area contributed by atoms with Crippen LogP contribution in [0.1, 0.15) is 48.8 Å². The van der Waals surface area contributed by atoms with Gasteiger partial charge in [0, 0.05) is 31.5 Å². The SMILES string of the molecule is CCOCCCNC(=O)N1Cc2c(CC)nn(-c3ccccc3)c2-n2cccc2[C@@H]1c1ccc(F)cc1. The van der Waals surface area contributed by atoms with Crippen LogP contribution in [0.3, 0.4) is 0 Å². The summed E-state index contributed by atoms with van der Waals surface area (Å²) in [6.07, 6.45) is 3.46. The predicted molar refractivity (Wildman–Crippen MR) is 141 cm³/mol. The van der Waals surface area contributed by atoms with Gasteiger partial charge in [0.2, 0.25) is 0 Å². The summed E-state index contributed by atoms with van der Waals surface area (Å²) in [5.74, 6) is 0.609. The van der Waals surface area contributed by atoms with Gasteiger partial charge in [0.05, 0.1) is 29.7 Å². The fourth-order valence-electron chi connectivity index (χ4n) is 4.96. The van der Waals surface area contributed by atoms with Crippen molar-refractivity contribution < 1.29 is 13.9 Å². The lowest BCUT2D eigenvalue weighted by Gasteiger charge is -2.31. The van der Waals surface area contributed by atoms with Crippen LogP contribution in [0.4, 0.5) is 9.18 Å². The molecule has 192 valence electrons. The maximum Gasteiger partial charge on any atom is 0.318 e. The Kier molecular flexibility index (Phi) is 7.37. The summed E-state index contributed by atoms with van der Waals surface area (Å²) in [5.41, 5.74) is 4.64. The third-order valence-corrected chi connectivity index (χ3v) is 6.70. The standard InChI is InChI=1S/C29H32FN5O2/c1-3-25-24-20-34(29(36)31-17-9-19-37-4-2)27(21-13-15-22(30)16-14-21)26-12-8-18-33(26)28(24)35(32-25)23-10-6-5-7-11-23/h5-8,10-16,18,27H,3-4,9,17,19-20H2,1-2H3,(H,31,36)/t27-/m0/s1. The van der Waals surface area contributed by atoms with Crippen molar-refractivity contribution in [3.63, 3.8) is 0 Å². The van der Waals surface area contributed by atoms with Crippen LogP contribution in [-0.2, 0) is 17.7 Å². The Morgan fingerprint density at radius 2 is 1.86 bits per heavy atom. The van der Waals surface area contributed by atoms with E-state index in [1.807, 2.05) is 65.2 Å². The molecular formula is C29H32FN5O2. The van der Waals surface area contributed by atoms with Crippen LogP contribution in [0.15, 0.2) is 72.9 Å². The average Bonchev–Trinajstić information content (AvgIpc) is 3.51. The van der Waals surface area contributed by atoms with Crippen LogP contribution < -0.4 is 5.32 Å². The number of fused-ring (bicyclic) bond motifs is 3. The van der Waals surface area contributed by atoms with E-state index in [-0.39, 0.29) is 11.8 Å². The van der Waals surface area contributed by atoms with Crippen molar-refractivity contribution in [2.24, 2.45) is 0 Å². The topological polar surface area (TPSA) is 64.3 Å². The summed E-state index contributed by atoms with van der Waals surface area (Å²) in [6.45, 7) is 6.15. The lowest BCUT2D eigenvalue weighted by Crippen LogP contribution is -2.42. The van der Waals surface area contributed by atoms with Crippen LogP contribution in [0.25, 0.3) is 11.5 Å². The number of hydrogen-bond donors (Lipinski definition) is 1. The first kappa shape index (κ1) is 24.8. The smallest absolute Gasteiger partial charge is 0.318 e. The molecule has 0 radical (unpaired) electrons. The highest BCUT2D eigenvalue weighted by Gasteiger charge is 2.36. The number of carbonyl (C=O) groups is 1. The van der Waals surface area contributed by atoms with Gasteiger partial charge in [-0.25, -0.2) is 13.9 Å². The Balaban J connectivity index is 1.63.